The van der Waals surface area contributed by atoms with Crippen LogP contribution in [-0.4, -0.2) is 16.6 Å². The van der Waals surface area contributed by atoms with Gasteiger partial charge in [0.15, 0.2) is 0 Å². The molecule has 3 nitrogen and oxygen atoms in total. The van der Waals surface area contributed by atoms with Gasteiger partial charge in [-0.2, -0.15) is 26.3 Å². The molecule has 0 atom stereocenters. The van der Waals surface area contributed by atoms with E-state index in [4.69, 9.17) is 0 Å². The number of nitrogens with zero attached hydrogens (tertiary/aromatic N) is 1. The Morgan fingerprint density at radius 1 is 1.00 bits per heavy atom. The molecule has 1 heterocycles. The van der Waals surface area contributed by atoms with Crippen LogP contribution in [0.2, 0.25) is 0 Å². The van der Waals surface area contributed by atoms with Crippen molar-refractivity contribution in [3.63, 3.8) is 0 Å². The fourth-order valence-corrected chi connectivity index (χ4v) is 4.04. The molecular formula is C22H18F6N2OS. The van der Waals surface area contributed by atoms with E-state index in [1.54, 1.807) is 6.92 Å². The van der Waals surface area contributed by atoms with Gasteiger partial charge in [0.2, 0.25) is 0 Å². The summed E-state index contributed by atoms with van der Waals surface area (Å²) >= 11 is 1.20. The van der Waals surface area contributed by atoms with E-state index in [1.807, 2.05) is 6.92 Å². The number of halogens is 6. The first-order chi connectivity index (χ1) is 14.9. The normalized spacial score (nSPS) is 12.2. The molecule has 0 radical (unpaired) electrons. The molecule has 0 bridgehead atoms. The minimum Gasteiger partial charge on any atom is -0.348 e. The van der Waals surface area contributed by atoms with Crippen molar-refractivity contribution in [1.29, 1.82) is 0 Å². The number of fused-ring (bicyclic) bond motifs is 1. The Hall–Kier alpha value is -2.75. The van der Waals surface area contributed by atoms with Gasteiger partial charge in [0, 0.05) is 11.9 Å². The fraction of sp³-hybridized carbons (Fsp3) is 0.273. The van der Waals surface area contributed by atoms with Crippen molar-refractivity contribution in [2.45, 2.75) is 37.8 Å². The van der Waals surface area contributed by atoms with Gasteiger partial charge in [-0.25, -0.2) is 4.98 Å². The van der Waals surface area contributed by atoms with E-state index < -0.39 is 29.4 Å². The molecule has 0 aliphatic heterocycles. The first-order valence-electron chi connectivity index (χ1n) is 9.50. The summed E-state index contributed by atoms with van der Waals surface area (Å²) < 4.78 is 77.9. The zero-order chi connectivity index (χ0) is 23.7. The number of alkyl halides is 6. The number of benzene rings is 2. The average Bonchev–Trinajstić information content (AvgIpc) is 2.71. The number of hydrogen-bond acceptors (Lipinski definition) is 3. The monoisotopic (exact) mass is 472 g/mol. The van der Waals surface area contributed by atoms with Crippen LogP contribution in [0.15, 0.2) is 47.5 Å². The van der Waals surface area contributed by atoms with Gasteiger partial charge in [-0.15, -0.1) is 11.8 Å². The molecule has 170 valence electrons. The van der Waals surface area contributed by atoms with Crippen molar-refractivity contribution in [1.82, 2.24) is 10.3 Å². The molecule has 0 aliphatic rings. The number of hydrogen-bond donors (Lipinski definition) is 1. The average molecular weight is 472 g/mol. The molecule has 0 saturated heterocycles. The van der Waals surface area contributed by atoms with Crippen molar-refractivity contribution in [2.75, 3.05) is 5.75 Å². The Balaban J connectivity index is 1.95. The topological polar surface area (TPSA) is 42.0 Å². The van der Waals surface area contributed by atoms with Gasteiger partial charge in [-0.3, -0.25) is 4.79 Å². The molecular weight excluding hydrogens is 454 g/mol. The van der Waals surface area contributed by atoms with Crippen molar-refractivity contribution in [3.8, 4) is 0 Å². The highest BCUT2D eigenvalue weighted by atomic mass is 32.2. The quantitative estimate of drug-likeness (QED) is 0.335. The van der Waals surface area contributed by atoms with Gasteiger partial charge in [0.25, 0.3) is 5.91 Å². The van der Waals surface area contributed by atoms with Crippen molar-refractivity contribution in [2.24, 2.45) is 0 Å². The van der Waals surface area contributed by atoms with Crippen LogP contribution in [0.4, 0.5) is 26.3 Å². The highest BCUT2D eigenvalue weighted by Gasteiger charge is 2.32. The zero-order valence-corrected chi connectivity index (χ0v) is 17.8. The maximum absolute atomic E-state index is 13.1. The summed E-state index contributed by atoms with van der Waals surface area (Å²) in [6.07, 6.45) is -9.03. The molecule has 1 amide bonds. The van der Waals surface area contributed by atoms with Crippen LogP contribution in [0.5, 0.6) is 0 Å². The lowest BCUT2D eigenvalue weighted by molar-refractivity contribution is -0.138. The SMILES string of the molecule is CCSc1nc2cc(C(F)(F)F)ccc2c(C)c1C(=O)NCc1cccc(C(F)(F)F)c1. The number of amides is 1. The minimum absolute atomic E-state index is 0.114. The number of aryl methyl sites for hydroxylation is 1. The number of rotatable bonds is 5. The second kappa shape index (κ2) is 9.01. The van der Waals surface area contributed by atoms with Crippen LogP contribution in [0.25, 0.3) is 10.9 Å². The number of carbonyl (C=O) groups excluding carboxylic acids is 1. The first kappa shape index (κ1) is 23.9. The van der Waals surface area contributed by atoms with E-state index >= 15 is 0 Å². The molecule has 3 rings (SSSR count). The summed E-state index contributed by atoms with van der Waals surface area (Å²) in [7, 11) is 0. The van der Waals surface area contributed by atoms with Crippen LogP contribution >= 0.6 is 11.8 Å². The van der Waals surface area contributed by atoms with E-state index in [0.717, 1.165) is 24.3 Å². The second-order valence-corrected chi connectivity index (χ2v) is 8.21. The van der Waals surface area contributed by atoms with Crippen LogP contribution in [0.1, 0.15) is 39.5 Å². The van der Waals surface area contributed by atoms with Crippen LogP contribution < -0.4 is 5.32 Å². The summed E-state index contributed by atoms with van der Waals surface area (Å²) in [5.74, 6) is -0.0460. The lowest BCUT2D eigenvalue weighted by Crippen LogP contribution is -2.25. The summed E-state index contributed by atoms with van der Waals surface area (Å²) in [4.78, 5) is 17.2. The number of pyridine rings is 1. The van der Waals surface area contributed by atoms with E-state index in [1.165, 1.54) is 30.0 Å². The van der Waals surface area contributed by atoms with Crippen molar-refractivity contribution >= 4 is 28.6 Å². The molecule has 0 aliphatic carbocycles. The smallest absolute Gasteiger partial charge is 0.348 e. The highest BCUT2D eigenvalue weighted by molar-refractivity contribution is 7.99. The van der Waals surface area contributed by atoms with E-state index in [2.05, 4.69) is 10.3 Å². The Kier molecular flexibility index (Phi) is 6.73. The number of carbonyl (C=O) groups is 1. The molecule has 2 aromatic carbocycles. The Morgan fingerprint density at radius 3 is 2.28 bits per heavy atom. The molecule has 3 aromatic rings. The molecule has 0 fully saturated rings. The fourth-order valence-electron chi connectivity index (χ4n) is 3.21. The Bertz CT molecular complexity index is 1160. The van der Waals surface area contributed by atoms with Crippen molar-refractivity contribution in [3.05, 3.63) is 70.3 Å². The molecule has 0 unspecified atom stereocenters. The van der Waals surface area contributed by atoms with E-state index in [-0.39, 0.29) is 28.2 Å². The van der Waals surface area contributed by atoms with Gasteiger partial charge in [-0.05, 0) is 48.1 Å². The molecule has 1 aromatic heterocycles. The van der Waals surface area contributed by atoms with Gasteiger partial charge >= 0.3 is 12.4 Å². The van der Waals surface area contributed by atoms with Gasteiger partial charge in [0.1, 0.15) is 5.03 Å². The van der Waals surface area contributed by atoms with E-state index in [9.17, 15) is 31.1 Å². The molecule has 1 N–H and O–H groups in total. The third kappa shape index (κ3) is 5.17. The maximum Gasteiger partial charge on any atom is 0.416 e. The highest BCUT2D eigenvalue weighted by Crippen LogP contribution is 2.35. The lowest BCUT2D eigenvalue weighted by Gasteiger charge is -2.16. The number of nitrogens with one attached hydrogen (secondary N) is 1. The molecule has 0 saturated carbocycles. The van der Waals surface area contributed by atoms with Crippen LogP contribution in [0, 0.1) is 6.92 Å². The van der Waals surface area contributed by atoms with Gasteiger partial charge in [0.05, 0.1) is 22.2 Å². The predicted octanol–water partition coefficient (Wildman–Crippen LogP) is 6.62. The van der Waals surface area contributed by atoms with Crippen molar-refractivity contribution < 1.29 is 31.1 Å². The summed E-state index contributed by atoms with van der Waals surface area (Å²) in [6.45, 7) is 3.27. The standard InChI is InChI=1S/C22H18F6N2OS/c1-3-32-20-18(12(2)16-8-7-15(22(26,27)28)10-17(16)30-20)19(31)29-11-13-5-4-6-14(9-13)21(23,24)25/h4-10H,3,11H2,1-2H3,(H,29,31). The lowest BCUT2D eigenvalue weighted by atomic mass is 10.0. The molecule has 10 heteroatoms. The third-order valence-corrected chi connectivity index (χ3v) is 5.61. The molecule has 32 heavy (non-hydrogen) atoms. The predicted molar refractivity (Wildman–Crippen MR) is 110 cm³/mol. The van der Waals surface area contributed by atoms with Gasteiger partial charge in [-0.1, -0.05) is 25.1 Å². The molecule has 0 spiro atoms. The Labute approximate surface area is 184 Å². The summed E-state index contributed by atoms with van der Waals surface area (Å²) in [5, 5.41) is 3.25. The van der Waals surface area contributed by atoms with Crippen LogP contribution in [-0.2, 0) is 18.9 Å². The third-order valence-electron chi connectivity index (χ3n) is 4.76. The minimum atomic E-state index is -4.52. The number of thioether (sulfide) groups is 1. The second-order valence-electron chi connectivity index (χ2n) is 6.96. The first-order valence-corrected chi connectivity index (χ1v) is 10.5. The van der Waals surface area contributed by atoms with E-state index in [0.29, 0.717) is 16.7 Å². The summed E-state index contributed by atoms with van der Waals surface area (Å²) in [5.41, 5.74) is -0.652. The Morgan fingerprint density at radius 2 is 1.66 bits per heavy atom. The van der Waals surface area contributed by atoms with Crippen LogP contribution in [0.3, 0.4) is 0 Å². The summed E-state index contributed by atoms with van der Waals surface area (Å²) in [6, 6.07) is 7.73. The van der Waals surface area contributed by atoms with Gasteiger partial charge < -0.3 is 5.32 Å². The largest absolute Gasteiger partial charge is 0.416 e. The number of aromatic nitrogens is 1. The maximum atomic E-state index is 13.1. The zero-order valence-electron chi connectivity index (χ0n) is 17.0.